The molecule has 0 N–H and O–H groups in total. The van der Waals surface area contributed by atoms with E-state index in [0.717, 1.165) is 22.1 Å². The van der Waals surface area contributed by atoms with Gasteiger partial charge in [-0.15, -0.1) is 22.7 Å². The first kappa shape index (κ1) is 28.4. The number of benzene rings is 8. The number of rotatable bonds is 4. The molecule has 8 aromatic carbocycles. The van der Waals surface area contributed by atoms with Gasteiger partial charge in [0.25, 0.3) is 0 Å². The van der Waals surface area contributed by atoms with Gasteiger partial charge in [0.15, 0.2) is 17.5 Å². The first-order chi connectivity index (χ1) is 25.8. The van der Waals surface area contributed by atoms with Crippen molar-refractivity contribution < 1.29 is 0 Å². The molecule has 3 nitrogen and oxygen atoms in total. The third-order valence-electron chi connectivity index (χ3n) is 10.7. The Labute approximate surface area is 306 Å². The largest absolute Gasteiger partial charge is 0.208 e. The van der Waals surface area contributed by atoms with Crippen LogP contribution in [-0.2, 0) is 0 Å². The molecule has 5 heteroatoms. The maximum absolute atomic E-state index is 5.11. The summed E-state index contributed by atoms with van der Waals surface area (Å²) in [7, 11) is 0. The molecule has 0 radical (unpaired) electrons. The number of nitrogens with zero attached hydrogens (tertiary/aromatic N) is 3. The van der Waals surface area contributed by atoms with Crippen molar-refractivity contribution in [2.75, 3.05) is 0 Å². The van der Waals surface area contributed by atoms with Gasteiger partial charge < -0.3 is 0 Å². The Balaban J connectivity index is 1.16. The molecule has 0 bridgehead atoms. The van der Waals surface area contributed by atoms with Crippen LogP contribution in [0.2, 0.25) is 0 Å². The van der Waals surface area contributed by atoms with E-state index < -0.39 is 0 Å². The third-order valence-corrected chi connectivity index (χ3v) is 12.9. The molecule has 52 heavy (non-hydrogen) atoms. The lowest BCUT2D eigenvalue weighted by atomic mass is 9.90. The minimum atomic E-state index is 0.662. The average Bonchev–Trinajstić information content (AvgIpc) is 3.75. The van der Waals surface area contributed by atoms with Crippen LogP contribution in [0.4, 0.5) is 0 Å². The molecule has 12 rings (SSSR count). The molecule has 0 spiro atoms. The first-order valence-electron chi connectivity index (χ1n) is 17.4. The summed E-state index contributed by atoms with van der Waals surface area (Å²) in [5.41, 5.74) is 8.06. The molecule has 11 aromatic rings. The van der Waals surface area contributed by atoms with Crippen LogP contribution in [0.5, 0.6) is 0 Å². The molecule has 0 fully saturated rings. The van der Waals surface area contributed by atoms with Crippen molar-refractivity contribution in [3.8, 4) is 56.4 Å². The van der Waals surface area contributed by atoms with E-state index in [4.69, 9.17) is 15.0 Å². The fraction of sp³-hybridized carbons (Fsp3) is 0. The summed E-state index contributed by atoms with van der Waals surface area (Å²) < 4.78 is 5.36. The van der Waals surface area contributed by atoms with Crippen LogP contribution in [0, 0.1) is 0 Å². The van der Waals surface area contributed by atoms with Gasteiger partial charge in [0.1, 0.15) is 0 Å². The Morgan fingerprint density at radius 3 is 1.44 bits per heavy atom. The summed E-state index contributed by atoms with van der Waals surface area (Å²) >= 11 is 3.82. The van der Waals surface area contributed by atoms with E-state index in [-0.39, 0.29) is 0 Å². The second-order valence-corrected chi connectivity index (χ2v) is 15.6. The topological polar surface area (TPSA) is 38.7 Å². The predicted octanol–water partition coefficient (Wildman–Crippen LogP) is 13.6. The Kier molecular flexibility index (Phi) is 5.81. The highest BCUT2D eigenvalue weighted by Crippen LogP contribution is 2.54. The zero-order valence-corrected chi connectivity index (χ0v) is 29.2. The van der Waals surface area contributed by atoms with Gasteiger partial charge in [0.05, 0.1) is 0 Å². The zero-order chi connectivity index (χ0) is 33.9. The molecule has 0 saturated carbocycles. The lowest BCUT2D eigenvalue weighted by molar-refractivity contribution is 1.08. The van der Waals surface area contributed by atoms with Crippen LogP contribution in [-0.4, -0.2) is 15.0 Å². The van der Waals surface area contributed by atoms with Crippen molar-refractivity contribution in [2.45, 2.75) is 0 Å². The van der Waals surface area contributed by atoms with Crippen LogP contribution in [0.15, 0.2) is 152 Å². The van der Waals surface area contributed by atoms with E-state index in [2.05, 4.69) is 115 Å². The monoisotopic (exact) mass is 695 g/mol. The number of hydrogen-bond donors (Lipinski definition) is 0. The molecule has 0 atom stereocenters. The van der Waals surface area contributed by atoms with Crippen LogP contribution < -0.4 is 0 Å². The molecule has 1 aliphatic rings. The van der Waals surface area contributed by atoms with E-state index in [1.165, 1.54) is 78.8 Å². The van der Waals surface area contributed by atoms with Crippen molar-refractivity contribution >= 4 is 84.6 Å². The third kappa shape index (κ3) is 3.92. The van der Waals surface area contributed by atoms with Crippen molar-refractivity contribution in [1.82, 2.24) is 15.0 Å². The minimum Gasteiger partial charge on any atom is -0.208 e. The molecular weight excluding hydrogens is 671 g/mol. The zero-order valence-electron chi connectivity index (χ0n) is 27.6. The lowest BCUT2D eigenvalue weighted by Crippen LogP contribution is -2.00. The molecule has 0 unspecified atom stereocenters. The first-order valence-corrected chi connectivity index (χ1v) is 19.1. The molecule has 0 amide bonds. The number of thiophene rings is 2. The summed E-state index contributed by atoms with van der Waals surface area (Å²) in [6.07, 6.45) is 0. The minimum absolute atomic E-state index is 0.662. The van der Waals surface area contributed by atoms with Crippen molar-refractivity contribution in [3.63, 3.8) is 0 Å². The van der Waals surface area contributed by atoms with E-state index in [1.54, 1.807) is 0 Å². The quantitative estimate of drug-likeness (QED) is 0.184. The van der Waals surface area contributed by atoms with Gasteiger partial charge in [0.2, 0.25) is 0 Å². The van der Waals surface area contributed by atoms with Crippen LogP contribution >= 0.6 is 22.7 Å². The average molecular weight is 696 g/mol. The summed E-state index contributed by atoms with van der Waals surface area (Å²) in [5, 5.41) is 10.5. The molecule has 3 heterocycles. The molecular formula is C47H25N3S2. The van der Waals surface area contributed by atoms with Gasteiger partial charge in [-0.25, -0.2) is 15.0 Å². The molecule has 3 aromatic heterocycles. The van der Waals surface area contributed by atoms with Gasteiger partial charge in [0, 0.05) is 62.4 Å². The Morgan fingerprint density at radius 2 is 0.788 bits per heavy atom. The smallest absolute Gasteiger partial charge is 0.164 e. The van der Waals surface area contributed by atoms with Crippen LogP contribution in [0.25, 0.3) is 118 Å². The van der Waals surface area contributed by atoms with E-state index >= 15 is 0 Å². The van der Waals surface area contributed by atoms with Gasteiger partial charge >= 0.3 is 0 Å². The molecule has 240 valence electrons. The normalized spacial score (nSPS) is 12.2. The number of aromatic nitrogens is 3. The second kappa shape index (κ2) is 10.6. The fourth-order valence-corrected chi connectivity index (χ4v) is 10.8. The molecule has 1 aliphatic carbocycles. The predicted molar refractivity (Wildman–Crippen MR) is 221 cm³/mol. The SMILES string of the molecule is c1ccc(-c2nc(-c3ccccc3)nc(-c3cccc4c(-c5cc6sc7cccc8c7c6c6c5ccc5sc7cccc-8c7c56)cccc34)n2)cc1. The van der Waals surface area contributed by atoms with Crippen LogP contribution in [0.1, 0.15) is 0 Å². The second-order valence-electron chi connectivity index (χ2n) is 13.5. The maximum atomic E-state index is 5.11. The highest BCUT2D eigenvalue weighted by atomic mass is 32.1. The van der Waals surface area contributed by atoms with Crippen molar-refractivity contribution in [3.05, 3.63) is 152 Å². The summed E-state index contributed by atoms with van der Waals surface area (Å²) in [6.45, 7) is 0. The van der Waals surface area contributed by atoms with Crippen molar-refractivity contribution in [1.29, 1.82) is 0 Å². The fourth-order valence-electron chi connectivity index (χ4n) is 8.46. The van der Waals surface area contributed by atoms with Gasteiger partial charge in [-0.05, 0) is 62.7 Å². The number of fused-ring (bicyclic) bond motifs is 2. The van der Waals surface area contributed by atoms with E-state index in [0.29, 0.717) is 17.5 Å². The summed E-state index contributed by atoms with van der Waals surface area (Å²) in [5.74, 6) is 1.99. The van der Waals surface area contributed by atoms with Crippen LogP contribution in [0.3, 0.4) is 0 Å². The van der Waals surface area contributed by atoms with Crippen molar-refractivity contribution in [2.24, 2.45) is 0 Å². The lowest BCUT2D eigenvalue weighted by Gasteiger charge is -2.15. The Hall–Kier alpha value is -6.27. The summed E-state index contributed by atoms with van der Waals surface area (Å²) in [6, 6.07) is 54.4. The Morgan fingerprint density at radius 1 is 0.288 bits per heavy atom. The van der Waals surface area contributed by atoms with Gasteiger partial charge in [-0.1, -0.05) is 127 Å². The highest BCUT2D eigenvalue weighted by Gasteiger charge is 2.25. The molecule has 0 saturated heterocycles. The molecule has 0 aliphatic heterocycles. The Bertz CT molecular complexity index is 3200. The van der Waals surface area contributed by atoms with E-state index in [1.807, 2.05) is 59.1 Å². The standard InChI is InChI=1S/C47H25N3S2/c1-3-11-26(12-4-1)45-48-46(27-13-5-2-6-14-27)50-47(49-45)34-20-8-15-28-29(34)16-7-17-30(28)35-25-39-44-41-32(19-10-22-37(41)52-39)31-18-9-21-36-40(31)43-38(51-36)24-23-33(35)42(43)44/h1-25H. The maximum Gasteiger partial charge on any atom is 0.164 e. The van der Waals surface area contributed by atoms with Gasteiger partial charge in [-0.2, -0.15) is 0 Å². The van der Waals surface area contributed by atoms with E-state index in [9.17, 15) is 0 Å². The van der Waals surface area contributed by atoms with Gasteiger partial charge in [-0.3, -0.25) is 0 Å². The highest BCUT2D eigenvalue weighted by molar-refractivity contribution is 7.27. The number of hydrogen-bond acceptors (Lipinski definition) is 5. The summed E-state index contributed by atoms with van der Waals surface area (Å²) in [4.78, 5) is 15.2.